The van der Waals surface area contributed by atoms with Gasteiger partial charge in [-0.1, -0.05) is 0 Å². The van der Waals surface area contributed by atoms with Crippen LogP contribution in [0.3, 0.4) is 0 Å². The summed E-state index contributed by atoms with van der Waals surface area (Å²) in [6.07, 6.45) is -2.08. The Bertz CT molecular complexity index is 745. The molecule has 0 radical (unpaired) electrons. The first kappa shape index (κ1) is 18.0. The molecule has 1 aromatic rings. The third kappa shape index (κ3) is 4.24. The van der Waals surface area contributed by atoms with Gasteiger partial charge in [0, 0.05) is 12.6 Å². The molecule has 1 heterocycles. The highest BCUT2D eigenvalue weighted by atomic mass is 32.2. The van der Waals surface area contributed by atoms with Crippen LogP contribution in [0.2, 0.25) is 0 Å². The third-order valence-electron chi connectivity index (χ3n) is 4.09. The highest BCUT2D eigenvalue weighted by molar-refractivity contribution is 7.89. The predicted molar refractivity (Wildman–Crippen MR) is 81.2 cm³/mol. The maximum absolute atomic E-state index is 12.7. The van der Waals surface area contributed by atoms with E-state index in [0.717, 1.165) is 41.4 Å². The molecule has 1 saturated heterocycles. The van der Waals surface area contributed by atoms with Gasteiger partial charge in [-0.15, -0.1) is 13.2 Å². The molecule has 1 aromatic carbocycles. The van der Waals surface area contributed by atoms with Gasteiger partial charge in [0.2, 0.25) is 15.9 Å². The number of sulfonamides is 1. The smallest absolute Gasteiger partial charge is 0.406 e. The number of benzene rings is 1. The second-order valence-corrected chi connectivity index (χ2v) is 7.97. The molecule has 25 heavy (non-hydrogen) atoms. The predicted octanol–water partition coefficient (Wildman–Crippen LogP) is 2.02. The van der Waals surface area contributed by atoms with Crippen LogP contribution in [-0.2, 0) is 14.8 Å². The van der Waals surface area contributed by atoms with Gasteiger partial charge < -0.3 is 10.1 Å². The van der Waals surface area contributed by atoms with Gasteiger partial charge >= 0.3 is 6.36 Å². The Kier molecular flexibility index (Phi) is 4.67. The van der Waals surface area contributed by atoms with Gasteiger partial charge in [-0.2, -0.15) is 4.31 Å². The summed E-state index contributed by atoms with van der Waals surface area (Å²) in [4.78, 5) is 12.1. The first-order valence-electron chi connectivity index (χ1n) is 7.85. The number of ether oxygens (including phenoxy) is 1. The third-order valence-corrected chi connectivity index (χ3v) is 6.02. The number of carbonyl (C=O) groups excluding carboxylic acids is 1. The van der Waals surface area contributed by atoms with Crippen LogP contribution in [0, 0.1) is 0 Å². The Labute approximate surface area is 143 Å². The van der Waals surface area contributed by atoms with Gasteiger partial charge in [0.25, 0.3) is 0 Å². The lowest BCUT2D eigenvalue weighted by Gasteiger charge is -2.23. The molecule has 1 atom stereocenters. The molecule has 1 aliphatic heterocycles. The lowest BCUT2D eigenvalue weighted by atomic mass is 10.2. The maximum Gasteiger partial charge on any atom is 0.573 e. The molecule has 10 heteroatoms. The Hall–Kier alpha value is -1.81. The van der Waals surface area contributed by atoms with Crippen molar-refractivity contribution in [2.75, 3.05) is 6.54 Å². The average molecular weight is 378 g/mol. The SMILES string of the molecule is O=C(NC1CC1)C1CCCN1S(=O)(=O)c1ccc(OC(F)(F)F)cc1. The molecule has 0 aromatic heterocycles. The van der Waals surface area contributed by atoms with E-state index in [4.69, 9.17) is 0 Å². The minimum atomic E-state index is -4.85. The highest BCUT2D eigenvalue weighted by Gasteiger charge is 2.41. The number of hydrogen-bond donors (Lipinski definition) is 1. The van der Waals surface area contributed by atoms with Crippen molar-refractivity contribution in [2.24, 2.45) is 0 Å². The van der Waals surface area contributed by atoms with Gasteiger partial charge in [0.05, 0.1) is 4.90 Å². The number of carbonyl (C=O) groups is 1. The highest BCUT2D eigenvalue weighted by Crippen LogP contribution is 2.29. The molecule has 0 bridgehead atoms. The lowest BCUT2D eigenvalue weighted by Crippen LogP contribution is -2.46. The van der Waals surface area contributed by atoms with Crippen molar-refractivity contribution >= 4 is 15.9 Å². The second-order valence-electron chi connectivity index (χ2n) is 6.08. The van der Waals surface area contributed by atoms with E-state index >= 15 is 0 Å². The van der Waals surface area contributed by atoms with Crippen molar-refractivity contribution in [3.05, 3.63) is 24.3 Å². The van der Waals surface area contributed by atoms with Crippen LogP contribution in [-0.4, -0.2) is 43.6 Å². The summed E-state index contributed by atoms with van der Waals surface area (Å²) >= 11 is 0. The lowest BCUT2D eigenvalue weighted by molar-refractivity contribution is -0.274. The van der Waals surface area contributed by atoms with Crippen LogP contribution in [0.15, 0.2) is 29.2 Å². The van der Waals surface area contributed by atoms with E-state index in [2.05, 4.69) is 10.1 Å². The Balaban J connectivity index is 1.76. The van der Waals surface area contributed by atoms with Crippen molar-refractivity contribution in [3.8, 4) is 5.75 Å². The molecule has 1 N–H and O–H groups in total. The molecular weight excluding hydrogens is 361 g/mol. The van der Waals surface area contributed by atoms with Crippen molar-refractivity contribution in [1.82, 2.24) is 9.62 Å². The summed E-state index contributed by atoms with van der Waals surface area (Å²) < 4.78 is 66.8. The quantitative estimate of drug-likeness (QED) is 0.851. The van der Waals surface area contributed by atoms with E-state index in [1.54, 1.807) is 0 Å². The van der Waals surface area contributed by atoms with Crippen molar-refractivity contribution in [2.45, 2.75) is 49.0 Å². The standard InChI is InChI=1S/C15H17F3N2O4S/c16-15(17,18)24-11-5-7-12(8-6-11)25(22,23)20-9-1-2-13(20)14(21)19-10-3-4-10/h5-8,10,13H,1-4,9H2,(H,19,21). The van der Waals surface area contributed by atoms with Crippen LogP contribution >= 0.6 is 0 Å². The number of alkyl halides is 3. The Morgan fingerprint density at radius 3 is 2.36 bits per heavy atom. The number of nitrogens with one attached hydrogen (secondary N) is 1. The van der Waals surface area contributed by atoms with E-state index in [1.165, 1.54) is 0 Å². The normalized spacial score (nSPS) is 22.0. The van der Waals surface area contributed by atoms with E-state index in [9.17, 15) is 26.4 Å². The van der Waals surface area contributed by atoms with E-state index in [0.29, 0.717) is 12.8 Å². The summed E-state index contributed by atoms with van der Waals surface area (Å²) in [5.41, 5.74) is 0. The minimum absolute atomic E-state index is 0.122. The van der Waals surface area contributed by atoms with Gasteiger partial charge in [-0.3, -0.25) is 4.79 Å². The minimum Gasteiger partial charge on any atom is -0.406 e. The number of amides is 1. The van der Waals surface area contributed by atoms with Crippen molar-refractivity contribution < 1.29 is 31.1 Å². The Morgan fingerprint density at radius 1 is 1.16 bits per heavy atom. The van der Waals surface area contributed by atoms with Gasteiger partial charge in [-0.05, 0) is 49.9 Å². The Morgan fingerprint density at radius 2 is 1.80 bits per heavy atom. The zero-order valence-corrected chi connectivity index (χ0v) is 13.9. The molecule has 1 unspecified atom stereocenters. The number of halogens is 3. The molecular formula is C15H17F3N2O4S. The number of nitrogens with zero attached hydrogens (tertiary/aromatic N) is 1. The summed E-state index contributed by atoms with van der Waals surface area (Å²) in [5.74, 6) is -0.823. The van der Waals surface area contributed by atoms with E-state index < -0.39 is 28.2 Å². The largest absolute Gasteiger partial charge is 0.573 e. The van der Waals surface area contributed by atoms with Gasteiger partial charge in [0.1, 0.15) is 11.8 Å². The van der Waals surface area contributed by atoms with E-state index in [1.807, 2.05) is 0 Å². The fourth-order valence-electron chi connectivity index (χ4n) is 2.76. The molecule has 2 aliphatic rings. The van der Waals surface area contributed by atoms with Crippen LogP contribution in [0.1, 0.15) is 25.7 Å². The zero-order chi connectivity index (χ0) is 18.2. The van der Waals surface area contributed by atoms with Gasteiger partial charge in [-0.25, -0.2) is 8.42 Å². The first-order valence-corrected chi connectivity index (χ1v) is 9.29. The van der Waals surface area contributed by atoms with Crippen molar-refractivity contribution in [3.63, 3.8) is 0 Å². The van der Waals surface area contributed by atoms with E-state index in [-0.39, 0.29) is 23.4 Å². The topological polar surface area (TPSA) is 75.7 Å². The fourth-order valence-corrected chi connectivity index (χ4v) is 4.42. The number of hydrogen-bond acceptors (Lipinski definition) is 4. The van der Waals surface area contributed by atoms with Crippen LogP contribution in [0.5, 0.6) is 5.75 Å². The molecule has 2 fully saturated rings. The van der Waals surface area contributed by atoms with Crippen LogP contribution < -0.4 is 10.1 Å². The monoisotopic (exact) mass is 378 g/mol. The van der Waals surface area contributed by atoms with Crippen LogP contribution in [0.25, 0.3) is 0 Å². The van der Waals surface area contributed by atoms with Crippen molar-refractivity contribution in [1.29, 1.82) is 0 Å². The molecule has 138 valence electrons. The molecule has 1 amide bonds. The number of rotatable bonds is 5. The molecule has 6 nitrogen and oxygen atoms in total. The molecule has 0 spiro atoms. The summed E-state index contributed by atoms with van der Waals surface area (Å²) in [6.45, 7) is 0.200. The average Bonchev–Trinajstić information content (AvgIpc) is 3.17. The summed E-state index contributed by atoms with van der Waals surface area (Å²) in [6, 6.07) is 3.31. The molecule has 1 aliphatic carbocycles. The second kappa shape index (κ2) is 6.49. The first-order chi connectivity index (χ1) is 11.7. The van der Waals surface area contributed by atoms with Crippen LogP contribution in [0.4, 0.5) is 13.2 Å². The van der Waals surface area contributed by atoms with Gasteiger partial charge in [0.15, 0.2) is 0 Å². The summed E-state index contributed by atoms with van der Waals surface area (Å²) in [7, 11) is -3.97. The molecule has 3 rings (SSSR count). The maximum atomic E-state index is 12.7. The summed E-state index contributed by atoms with van der Waals surface area (Å²) in [5, 5.41) is 2.79. The zero-order valence-electron chi connectivity index (χ0n) is 13.1. The fraction of sp³-hybridized carbons (Fsp3) is 0.533. The molecule has 1 saturated carbocycles.